The van der Waals surface area contributed by atoms with Crippen molar-refractivity contribution in [3.63, 3.8) is 0 Å². The summed E-state index contributed by atoms with van der Waals surface area (Å²) in [5, 5.41) is 0. The lowest BCUT2D eigenvalue weighted by Crippen LogP contribution is -1.99. The predicted octanol–water partition coefficient (Wildman–Crippen LogP) is 4.62. The van der Waals surface area contributed by atoms with E-state index in [-0.39, 0.29) is 18.3 Å². The molecule has 5 rings (SSSR count). The summed E-state index contributed by atoms with van der Waals surface area (Å²) in [6.07, 6.45) is 1.69. The van der Waals surface area contributed by atoms with Gasteiger partial charge in [0, 0.05) is 11.6 Å². The molecule has 6 heteroatoms. The van der Waals surface area contributed by atoms with Crippen LogP contribution in [0.15, 0.2) is 66.4 Å². The highest BCUT2D eigenvalue weighted by atomic mass is 16.7. The quantitative estimate of drug-likeness (QED) is 0.581. The fourth-order valence-corrected chi connectivity index (χ4v) is 3.39. The predicted molar refractivity (Wildman–Crippen MR) is 109 cm³/mol. The number of ether oxygens (including phenoxy) is 5. The minimum Gasteiger partial charge on any atom is -0.496 e. The van der Waals surface area contributed by atoms with Crippen molar-refractivity contribution in [2.24, 2.45) is 0 Å². The first-order valence-corrected chi connectivity index (χ1v) is 9.44. The van der Waals surface area contributed by atoms with Gasteiger partial charge in [-0.25, -0.2) is 0 Å². The first kappa shape index (κ1) is 18.1. The van der Waals surface area contributed by atoms with Crippen LogP contribution in [0.4, 0.5) is 0 Å². The van der Waals surface area contributed by atoms with Crippen LogP contribution in [0, 0.1) is 0 Å². The van der Waals surface area contributed by atoms with Gasteiger partial charge in [-0.2, -0.15) is 0 Å². The number of para-hydroxylation sites is 1. The lowest BCUT2D eigenvalue weighted by Gasteiger charge is -2.10. The summed E-state index contributed by atoms with van der Waals surface area (Å²) in [4.78, 5) is 12.7. The number of carbonyl (C=O) groups excluding carboxylic acids is 1. The van der Waals surface area contributed by atoms with Crippen molar-refractivity contribution >= 4 is 11.9 Å². The molecule has 0 unspecified atom stereocenters. The van der Waals surface area contributed by atoms with E-state index in [0.29, 0.717) is 35.2 Å². The van der Waals surface area contributed by atoms with E-state index in [0.717, 1.165) is 16.9 Å². The number of hydrogen-bond donors (Lipinski definition) is 0. The molecule has 0 atom stereocenters. The summed E-state index contributed by atoms with van der Waals surface area (Å²) in [5.74, 6) is 3.28. The van der Waals surface area contributed by atoms with Crippen molar-refractivity contribution in [3.8, 4) is 28.7 Å². The van der Waals surface area contributed by atoms with E-state index in [1.54, 1.807) is 31.4 Å². The average molecular weight is 402 g/mol. The summed E-state index contributed by atoms with van der Waals surface area (Å²) < 4.78 is 27.7. The highest BCUT2D eigenvalue weighted by Crippen LogP contribution is 2.37. The SMILES string of the molecule is COc1ccccc1COc1ccc2c(c1)O/C(=C\c1ccc3c(c1)OCO3)C2=O. The van der Waals surface area contributed by atoms with Gasteiger partial charge in [0.25, 0.3) is 0 Å². The van der Waals surface area contributed by atoms with Gasteiger partial charge in [0.05, 0.1) is 12.7 Å². The molecule has 0 bridgehead atoms. The summed E-state index contributed by atoms with van der Waals surface area (Å²) in [5.41, 5.74) is 2.23. The molecule has 6 nitrogen and oxygen atoms in total. The Morgan fingerprint density at radius 2 is 1.83 bits per heavy atom. The molecule has 2 aliphatic heterocycles. The number of methoxy groups -OCH3 is 1. The maximum Gasteiger partial charge on any atom is 0.231 e. The summed E-state index contributed by atoms with van der Waals surface area (Å²) >= 11 is 0. The number of allylic oxidation sites excluding steroid dienone is 1. The van der Waals surface area contributed by atoms with Crippen LogP contribution in [0.2, 0.25) is 0 Å². The van der Waals surface area contributed by atoms with Crippen LogP contribution in [0.1, 0.15) is 21.5 Å². The van der Waals surface area contributed by atoms with Crippen LogP contribution in [0.25, 0.3) is 6.08 Å². The van der Waals surface area contributed by atoms with Gasteiger partial charge in [-0.15, -0.1) is 0 Å². The van der Waals surface area contributed by atoms with Crippen LogP contribution >= 0.6 is 0 Å². The molecule has 0 saturated heterocycles. The average Bonchev–Trinajstić information content (AvgIpc) is 3.36. The number of rotatable bonds is 5. The maximum atomic E-state index is 12.7. The van der Waals surface area contributed by atoms with Crippen LogP contribution < -0.4 is 23.7 Å². The summed E-state index contributed by atoms with van der Waals surface area (Å²) in [6, 6.07) is 18.3. The smallest absolute Gasteiger partial charge is 0.231 e. The number of ketones is 1. The molecule has 0 amide bonds. The van der Waals surface area contributed by atoms with Gasteiger partial charge in [-0.05, 0) is 42.0 Å². The second-order valence-corrected chi connectivity index (χ2v) is 6.81. The Hall–Kier alpha value is -3.93. The van der Waals surface area contributed by atoms with E-state index in [2.05, 4.69) is 0 Å². The monoisotopic (exact) mass is 402 g/mol. The molecule has 0 aliphatic carbocycles. The van der Waals surface area contributed by atoms with E-state index < -0.39 is 0 Å². The Kier molecular flexibility index (Phi) is 4.52. The van der Waals surface area contributed by atoms with Crippen molar-refractivity contribution < 1.29 is 28.5 Å². The Bertz CT molecular complexity index is 1160. The van der Waals surface area contributed by atoms with Crippen molar-refractivity contribution in [1.82, 2.24) is 0 Å². The van der Waals surface area contributed by atoms with Gasteiger partial charge < -0.3 is 23.7 Å². The molecule has 0 radical (unpaired) electrons. The molecule has 0 saturated carbocycles. The molecule has 3 aromatic rings. The minimum atomic E-state index is -0.168. The molecular formula is C24H18O6. The van der Waals surface area contributed by atoms with Crippen molar-refractivity contribution in [1.29, 1.82) is 0 Å². The highest BCUT2D eigenvalue weighted by molar-refractivity contribution is 6.14. The second-order valence-electron chi connectivity index (χ2n) is 6.81. The number of benzene rings is 3. The molecule has 0 aromatic heterocycles. The summed E-state index contributed by atoms with van der Waals surface area (Å²) in [7, 11) is 1.63. The van der Waals surface area contributed by atoms with Crippen molar-refractivity contribution in [3.05, 3.63) is 83.1 Å². The van der Waals surface area contributed by atoms with E-state index in [4.69, 9.17) is 23.7 Å². The normalized spacial score (nSPS) is 15.1. The van der Waals surface area contributed by atoms with Crippen LogP contribution in [0.5, 0.6) is 28.7 Å². The Morgan fingerprint density at radius 1 is 0.967 bits per heavy atom. The Balaban J connectivity index is 1.34. The Morgan fingerprint density at radius 3 is 2.73 bits per heavy atom. The van der Waals surface area contributed by atoms with Crippen molar-refractivity contribution in [2.45, 2.75) is 6.61 Å². The molecule has 0 fully saturated rings. The van der Waals surface area contributed by atoms with Gasteiger partial charge in [-0.1, -0.05) is 24.3 Å². The largest absolute Gasteiger partial charge is 0.496 e. The molecule has 3 aromatic carbocycles. The molecule has 30 heavy (non-hydrogen) atoms. The lowest BCUT2D eigenvalue weighted by molar-refractivity contribution is 0.101. The van der Waals surface area contributed by atoms with Crippen LogP contribution in [0.3, 0.4) is 0 Å². The summed E-state index contributed by atoms with van der Waals surface area (Å²) in [6.45, 7) is 0.546. The van der Waals surface area contributed by atoms with E-state index >= 15 is 0 Å². The molecule has 2 heterocycles. The van der Waals surface area contributed by atoms with E-state index in [9.17, 15) is 4.79 Å². The molecule has 150 valence electrons. The number of carbonyl (C=O) groups is 1. The van der Waals surface area contributed by atoms with Gasteiger partial charge in [0.2, 0.25) is 12.6 Å². The molecule has 2 aliphatic rings. The lowest BCUT2D eigenvalue weighted by atomic mass is 10.1. The molecule has 0 N–H and O–H groups in total. The Labute approximate surface area is 173 Å². The topological polar surface area (TPSA) is 63.2 Å². The maximum absolute atomic E-state index is 12.7. The van der Waals surface area contributed by atoms with Crippen LogP contribution in [-0.2, 0) is 6.61 Å². The number of fused-ring (bicyclic) bond motifs is 2. The first-order valence-electron chi connectivity index (χ1n) is 9.44. The highest BCUT2D eigenvalue weighted by Gasteiger charge is 2.28. The second kappa shape index (κ2) is 7.48. The third kappa shape index (κ3) is 3.33. The van der Waals surface area contributed by atoms with Crippen molar-refractivity contribution in [2.75, 3.05) is 13.9 Å². The van der Waals surface area contributed by atoms with E-state index in [1.165, 1.54) is 0 Å². The van der Waals surface area contributed by atoms with Gasteiger partial charge >= 0.3 is 0 Å². The number of hydrogen-bond acceptors (Lipinski definition) is 6. The fourth-order valence-electron chi connectivity index (χ4n) is 3.39. The minimum absolute atomic E-state index is 0.168. The first-order chi connectivity index (χ1) is 14.7. The van der Waals surface area contributed by atoms with E-state index in [1.807, 2.05) is 42.5 Å². The third-order valence-corrected chi connectivity index (χ3v) is 4.92. The standard InChI is InChI=1S/C24H18O6/c1-26-19-5-3-2-4-16(19)13-27-17-7-8-18-21(12-17)30-23(24(18)25)11-15-6-9-20-22(10-15)29-14-28-20/h2-12H,13-14H2,1H3/b23-11-. The zero-order valence-corrected chi connectivity index (χ0v) is 16.2. The van der Waals surface area contributed by atoms with Gasteiger partial charge in [-0.3, -0.25) is 4.79 Å². The van der Waals surface area contributed by atoms with Gasteiger partial charge in [0.1, 0.15) is 23.9 Å². The molecular weight excluding hydrogens is 384 g/mol. The zero-order chi connectivity index (χ0) is 20.5. The third-order valence-electron chi connectivity index (χ3n) is 4.92. The number of Topliss-reactive ketones (excluding diaryl/α,β-unsaturated/α-hetero) is 1. The zero-order valence-electron chi connectivity index (χ0n) is 16.2. The molecule has 0 spiro atoms. The van der Waals surface area contributed by atoms with Crippen LogP contribution in [-0.4, -0.2) is 19.7 Å². The van der Waals surface area contributed by atoms with Gasteiger partial charge in [0.15, 0.2) is 17.3 Å². The fraction of sp³-hybridized carbons (Fsp3) is 0.125.